The second-order valence-electron chi connectivity index (χ2n) is 3.62. The van der Waals surface area contributed by atoms with Gasteiger partial charge in [-0.15, -0.1) is 0 Å². The van der Waals surface area contributed by atoms with Crippen LogP contribution in [-0.4, -0.2) is 23.8 Å². The lowest BCUT2D eigenvalue weighted by atomic mass is 10.0. The largest absolute Gasteiger partial charge is 0.385 e. The van der Waals surface area contributed by atoms with E-state index in [1.807, 2.05) is 0 Å². The van der Waals surface area contributed by atoms with Gasteiger partial charge in [0.25, 0.3) is 0 Å². The standard InChI is InChI=1S/C10H8F3N3O/c1-16-8(9(14)15-10(16)17)4-2-6(12)7(13)3-5(4)11/h2-3,8H,1H3,(H2,14,15,17). The van der Waals surface area contributed by atoms with Gasteiger partial charge in [-0.25, -0.2) is 18.0 Å². The van der Waals surface area contributed by atoms with E-state index in [2.05, 4.69) is 4.99 Å². The third-order valence-electron chi connectivity index (χ3n) is 2.53. The molecule has 1 aliphatic rings. The molecule has 4 nitrogen and oxygen atoms in total. The Morgan fingerprint density at radius 1 is 1.24 bits per heavy atom. The van der Waals surface area contributed by atoms with Gasteiger partial charge in [0.2, 0.25) is 0 Å². The summed E-state index contributed by atoms with van der Waals surface area (Å²) in [6.07, 6.45) is 0. The molecule has 0 saturated heterocycles. The molecule has 1 aromatic carbocycles. The van der Waals surface area contributed by atoms with Crippen LogP contribution in [0.3, 0.4) is 0 Å². The first-order valence-electron chi connectivity index (χ1n) is 4.67. The van der Waals surface area contributed by atoms with E-state index in [0.717, 1.165) is 4.90 Å². The average molecular weight is 243 g/mol. The number of likely N-dealkylation sites (N-methyl/N-ethyl adjacent to an activating group) is 1. The van der Waals surface area contributed by atoms with Gasteiger partial charge in [0, 0.05) is 18.7 Å². The molecule has 1 atom stereocenters. The molecule has 0 bridgehead atoms. The minimum Gasteiger partial charge on any atom is -0.385 e. The van der Waals surface area contributed by atoms with Crippen molar-refractivity contribution in [2.45, 2.75) is 6.04 Å². The predicted octanol–water partition coefficient (Wildman–Crippen LogP) is 1.57. The summed E-state index contributed by atoms with van der Waals surface area (Å²) in [5.41, 5.74) is 5.23. The van der Waals surface area contributed by atoms with E-state index in [1.165, 1.54) is 7.05 Å². The molecule has 1 aliphatic heterocycles. The van der Waals surface area contributed by atoms with Crippen molar-refractivity contribution in [3.8, 4) is 0 Å². The highest BCUT2D eigenvalue weighted by molar-refractivity contribution is 6.03. The lowest BCUT2D eigenvalue weighted by Crippen LogP contribution is -2.31. The first-order chi connectivity index (χ1) is 7.91. The van der Waals surface area contributed by atoms with Gasteiger partial charge >= 0.3 is 6.03 Å². The molecule has 0 saturated carbocycles. The summed E-state index contributed by atoms with van der Waals surface area (Å²) >= 11 is 0. The average Bonchev–Trinajstić information content (AvgIpc) is 2.48. The van der Waals surface area contributed by atoms with Crippen molar-refractivity contribution in [2.24, 2.45) is 10.7 Å². The fourth-order valence-electron chi connectivity index (χ4n) is 1.67. The molecular formula is C10H8F3N3O. The zero-order valence-electron chi connectivity index (χ0n) is 8.75. The van der Waals surface area contributed by atoms with Crippen LogP contribution in [0.25, 0.3) is 0 Å². The number of carbonyl (C=O) groups is 1. The molecule has 0 aliphatic carbocycles. The number of urea groups is 1. The van der Waals surface area contributed by atoms with Crippen LogP contribution < -0.4 is 5.73 Å². The Morgan fingerprint density at radius 2 is 1.82 bits per heavy atom. The van der Waals surface area contributed by atoms with Crippen LogP contribution in [0.5, 0.6) is 0 Å². The van der Waals surface area contributed by atoms with Gasteiger partial charge in [-0.3, -0.25) is 0 Å². The third-order valence-corrected chi connectivity index (χ3v) is 2.53. The van der Waals surface area contributed by atoms with Gasteiger partial charge in [0.15, 0.2) is 11.6 Å². The van der Waals surface area contributed by atoms with E-state index in [-0.39, 0.29) is 11.4 Å². The summed E-state index contributed by atoms with van der Waals surface area (Å²) in [6, 6.07) is -0.573. The topological polar surface area (TPSA) is 58.7 Å². The van der Waals surface area contributed by atoms with Crippen molar-refractivity contribution in [3.63, 3.8) is 0 Å². The van der Waals surface area contributed by atoms with E-state index in [1.54, 1.807) is 0 Å². The molecule has 1 heterocycles. The van der Waals surface area contributed by atoms with E-state index in [4.69, 9.17) is 5.73 Å². The normalized spacial score (nSPS) is 19.8. The van der Waals surface area contributed by atoms with E-state index in [0.29, 0.717) is 12.1 Å². The Labute approximate surface area is 94.5 Å². The third kappa shape index (κ3) is 1.73. The Balaban J connectivity index is 2.52. The van der Waals surface area contributed by atoms with Crippen LogP contribution in [0.15, 0.2) is 17.1 Å². The number of rotatable bonds is 1. The quantitative estimate of drug-likeness (QED) is 0.761. The fraction of sp³-hybridized carbons (Fsp3) is 0.200. The second-order valence-corrected chi connectivity index (χ2v) is 3.62. The number of aliphatic imine (C=N–C) groups is 1. The number of benzene rings is 1. The maximum atomic E-state index is 13.5. The summed E-state index contributed by atoms with van der Waals surface area (Å²) in [7, 11) is 1.34. The molecule has 1 aromatic rings. The molecule has 2 rings (SSSR count). The number of amidine groups is 1. The van der Waals surface area contributed by atoms with E-state index in [9.17, 15) is 18.0 Å². The highest BCUT2D eigenvalue weighted by atomic mass is 19.2. The van der Waals surface area contributed by atoms with Crippen LogP contribution in [0.4, 0.5) is 18.0 Å². The maximum absolute atomic E-state index is 13.5. The van der Waals surface area contributed by atoms with Crippen molar-refractivity contribution >= 4 is 11.9 Å². The van der Waals surface area contributed by atoms with Crippen molar-refractivity contribution in [3.05, 3.63) is 35.1 Å². The van der Waals surface area contributed by atoms with Crippen molar-refractivity contribution in [1.29, 1.82) is 0 Å². The Hall–Kier alpha value is -2.05. The summed E-state index contributed by atoms with van der Waals surface area (Å²) < 4.78 is 39.3. The molecule has 0 aromatic heterocycles. The van der Waals surface area contributed by atoms with Gasteiger partial charge < -0.3 is 10.6 Å². The molecule has 0 radical (unpaired) electrons. The number of halogens is 3. The fourth-order valence-corrected chi connectivity index (χ4v) is 1.67. The van der Waals surface area contributed by atoms with E-state index >= 15 is 0 Å². The molecule has 7 heteroatoms. The first kappa shape index (κ1) is 11.4. The molecule has 17 heavy (non-hydrogen) atoms. The molecule has 2 N–H and O–H groups in total. The highest BCUT2D eigenvalue weighted by Crippen LogP contribution is 2.28. The van der Waals surface area contributed by atoms with Crippen LogP contribution in [0.2, 0.25) is 0 Å². The monoisotopic (exact) mass is 243 g/mol. The number of nitrogens with zero attached hydrogens (tertiary/aromatic N) is 2. The van der Waals surface area contributed by atoms with Crippen LogP contribution in [0.1, 0.15) is 11.6 Å². The molecular weight excluding hydrogens is 235 g/mol. The van der Waals surface area contributed by atoms with Gasteiger partial charge in [-0.1, -0.05) is 0 Å². The van der Waals surface area contributed by atoms with Gasteiger partial charge in [0.1, 0.15) is 17.7 Å². The van der Waals surface area contributed by atoms with Crippen molar-refractivity contribution < 1.29 is 18.0 Å². The second kappa shape index (κ2) is 3.76. The number of hydrogen-bond donors (Lipinski definition) is 1. The van der Waals surface area contributed by atoms with Crippen molar-refractivity contribution in [1.82, 2.24) is 4.90 Å². The number of amides is 2. The van der Waals surface area contributed by atoms with Crippen LogP contribution >= 0.6 is 0 Å². The number of nitrogens with two attached hydrogens (primary N) is 1. The van der Waals surface area contributed by atoms with Gasteiger partial charge in [0.05, 0.1) is 0 Å². The van der Waals surface area contributed by atoms with E-state index < -0.39 is 29.5 Å². The zero-order valence-corrected chi connectivity index (χ0v) is 8.75. The SMILES string of the molecule is CN1C(=O)N=C(N)C1c1cc(F)c(F)cc1F. The van der Waals surface area contributed by atoms with Gasteiger partial charge in [-0.05, 0) is 6.07 Å². The molecule has 1 unspecified atom stereocenters. The minimum absolute atomic E-state index is 0.151. The molecule has 0 spiro atoms. The number of carbonyl (C=O) groups excluding carboxylic acids is 1. The minimum atomic E-state index is -1.30. The lowest BCUT2D eigenvalue weighted by molar-refractivity contribution is 0.218. The predicted molar refractivity (Wildman–Crippen MR) is 53.8 cm³/mol. The molecule has 90 valence electrons. The Bertz CT molecular complexity index is 530. The van der Waals surface area contributed by atoms with Crippen LogP contribution in [-0.2, 0) is 0 Å². The lowest BCUT2D eigenvalue weighted by Gasteiger charge is -2.20. The summed E-state index contributed by atoms with van der Waals surface area (Å²) in [5, 5.41) is 0. The van der Waals surface area contributed by atoms with Gasteiger partial charge in [-0.2, -0.15) is 4.99 Å². The smallest absolute Gasteiger partial charge is 0.345 e. The summed E-state index contributed by atoms with van der Waals surface area (Å²) in [6.45, 7) is 0. The van der Waals surface area contributed by atoms with Crippen LogP contribution in [0, 0.1) is 17.5 Å². The Kier molecular flexibility index (Phi) is 2.53. The summed E-state index contributed by atoms with van der Waals surface area (Å²) in [4.78, 5) is 15.7. The zero-order chi connectivity index (χ0) is 12.7. The first-order valence-corrected chi connectivity index (χ1v) is 4.67. The summed E-state index contributed by atoms with van der Waals surface area (Å²) in [5.74, 6) is -3.63. The number of hydrogen-bond acceptors (Lipinski definition) is 2. The molecule has 0 fully saturated rings. The molecule has 2 amide bonds. The highest BCUT2D eigenvalue weighted by Gasteiger charge is 2.34. The maximum Gasteiger partial charge on any atom is 0.345 e. The van der Waals surface area contributed by atoms with Crippen molar-refractivity contribution in [2.75, 3.05) is 7.05 Å². The Morgan fingerprint density at radius 3 is 2.35 bits per heavy atom.